The van der Waals surface area contributed by atoms with E-state index in [1.807, 2.05) is 6.92 Å². The van der Waals surface area contributed by atoms with Gasteiger partial charge in [0.25, 0.3) is 0 Å². The molecular formula is C12H17F3N2O3. The second kappa shape index (κ2) is 5.14. The molecule has 0 aromatic rings. The van der Waals surface area contributed by atoms with Crippen LogP contribution in [0.3, 0.4) is 0 Å². The SMILES string of the molecule is CC[C@@H]1C[C@H]1NC(=O)N1C[C@@H](C(F)(F)F)[C@H](C(=O)O)C1. The molecule has 1 saturated heterocycles. The molecule has 0 spiro atoms. The number of rotatable bonds is 3. The number of aliphatic carboxylic acids is 1. The van der Waals surface area contributed by atoms with E-state index in [4.69, 9.17) is 5.11 Å². The molecule has 1 aliphatic carbocycles. The third-order valence-electron chi connectivity index (χ3n) is 4.10. The normalized spacial score (nSPS) is 33.1. The number of likely N-dealkylation sites (tertiary alicyclic amines) is 1. The van der Waals surface area contributed by atoms with Crippen molar-refractivity contribution < 1.29 is 27.9 Å². The first kappa shape index (κ1) is 14.9. The highest BCUT2D eigenvalue weighted by molar-refractivity contribution is 5.78. The van der Waals surface area contributed by atoms with Crippen LogP contribution in [0.25, 0.3) is 0 Å². The van der Waals surface area contributed by atoms with E-state index in [2.05, 4.69) is 5.32 Å². The number of carbonyl (C=O) groups excluding carboxylic acids is 1. The van der Waals surface area contributed by atoms with Gasteiger partial charge < -0.3 is 15.3 Å². The lowest BCUT2D eigenvalue weighted by molar-refractivity contribution is -0.187. The molecule has 2 aliphatic rings. The van der Waals surface area contributed by atoms with Crippen molar-refractivity contribution in [1.29, 1.82) is 0 Å². The number of carboxylic acid groups (broad SMARTS) is 1. The standard InChI is InChI=1S/C12H17F3N2O3/c1-2-6-3-9(6)16-11(20)17-4-7(10(18)19)8(5-17)12(13,14)15/h6-9H,2-5H2,1H3,(H,16,20)(H,18,19)/t6-,7-,8-,9-/m1/s1. The Hall–Kier alpha value is -1.47. The van der Waals surface area contributed by atoms with E-state index in [1.54, 1.807) is 0 Å². The second-order valence-electron chi connectivity index (χ2n) is 5.46. The van der Waals surface area contributed by atoms with Crippen LogP contribution in [-0.4, -0.2) is 47.3 Å². The summed E-state index contributed by atoms with van der Waals surface area (Å²) in [5, 5.41) is 11.5. The number of hydrogen-bond acceptors (Lipinski definition) is 2. The minimum absolute atomic E-state index is 0.0146. The summed E-state index contributed by atoms with van der Waals surface area (Å²) in [6.07, 6.45) is -2.86. The quantitative estimate of drug-likeness (QED) is 0.832. The molecule has 2 amide bonds. The van der Waals surface area contributed by atoms with Crippen molar-refractivity contribution in [3.8, 4) is 0 Å². The molecule has 114 valence electrons. The van der Waals surface area contributed by atoms with Gasteiger partial charge in [0.05, 0.1) is 11.8 Å². The Kier molecular flexibility index (Phi) is 3.84. The number of nitrogens with zero attached hydrogens (tertiary/aromatic N) is 1. The third kappa shape index (κ3) is 2.99. The van der Waals surface area contributed by atoms with Gasteiger partial charge in [-0.2, -0.15) is 13.2 Å². The van der Waals surface area contributed by atoms with Gasteiger partial charge in [-0.25, -0.2) is 4.79 Å². The summed E-state index contributed by atoms with van der Waals surface area (Å²) in [7, 11) is 0. The smallest absolute Gasteiger partial charge is 0.394 e. The van der Waals surface area contributed by atoms with Crippen LogP contribution in [0.15, 0.2) is 0 Å². The summed E-state index contributed by atoms with van der Waals surface area (Å²) in [4.78, 5) is 23.7. The largest absolute Gasteiger partial charge is 0.481 e. The van der Waals surface area contributed by atoms with E-state index in [9.17, 15) is 22.8 Å². The molecule has 1 saturated carbocycles. The molecule has 2 fully saturated rings. The Morgan fingerprint density at radius 1 is 1.35 bits per heavy atom. The predicted octanol–water partition coefficient (Wildman–Crippen LogP) is 1.69. The fraction of sp³-hybridized carbons (Fsp3) is 0.833. The highest BCUT2D eigenvalue weighted by Gasteiger charge is 2.54. The molecule has 2 N–H and O–H groups in total. The van der Waals surface area contributed by atoms with Crippen LogP contribution in [0.2, 0.25) is 0 Å². The van der Waals surface area contributed by atoms with Gasteiger partial charge in [-0.1, -0.05) is 13.3 Å². The van der Waals surface area contributed by atoms with Crippen LogP contribution in [0.4, 0.5) is 18.0 Å². The number of carbonyl (C=O) groups is 2. The monoisotopic (exact) mass is 294 g/mol. The van der Waals surface area contributed by atoms with E-state index in [0.29, 0.717) is 5.92 Å². The molecule has 4 atom stereocenters. The number of alkyl halides is 3. The van der Waals surface area contributed by atoms with Gasteiger partial charge in [-0.05, 0) is 12.3 Å². The van der Waals surface area contributed by atoms with Crippen LogP contribution < -0.4 is 5.32 Å². The Bertz CT molecular complexity index is 413. The average Bonchev–Trinajstić information content (AvgIpc) is 2.90. The predicted molar refractivity (Wildman–Crippen MR) is 63.0 cm³/mol. The summed E-state index contributed by atoms with van der Waals surface area (Å²) in [5.41, 5.74) is 0. The van der Waals surface area contributed by atoms with Gasteiger partial charge in [-0.15, -0.1) is 0 Å². The molecule has 0 aromatic heterocycles. The fourth-order valence-corrected chi connectivity index (χ4v) is 2.68. The number of urea groups is 1. The molecule has 1 aliphatic heterocycles. The minimum atomic E-state index is -4.61. The van der Waals surface area contributed by atoms with Crippen LogP contribution in [0.5, 0.6) is 0 Å². The van der Waals surface area contributed by atoms with E-state index in [-0.39, 0.29) is 6.04 Å². The first-order chi connectivity index (χ1) is 9.24. The van der Waals surface area contributed by atoms with Gasteiger partial charge in [0, 0.05) is 19.1 Å². The first-order valence-corrected chi connectivity index (χ1v) is 6.59. The van der Waals surface area contributed by atoms with Gasteiger partial charge in [0.1, 0.15) is 0 Å². The molecule has 0 radical (unpaired) electrons. The Morgan fingerprint density at radius 2 is 2.00 bits per heavy atom. The first-order valence-electron chi connectivity index (χ1n) is 6.59. The molecule has 5 nitrogen and oxygen atoms in total. The molecule has 8 heteroatoms. The summed E-state index contributed by atoms with van der Waals surface area (Å²) in [5.74, 6) is -4.70. The van der Waals surface area contributed by atoms with E-state index in [1.165, 1.54) is 0 Å². The van der Waals surface area contributed by atoms with E-state index in [0.717, 1.165) is 17.7 Å². The number of carboxylic acids is 1. The Balaban J connectivity index is 1.97. The Labute approximate surface area is 114 Å². The maximum Gasteiger partial charge on any atom is 0.394 e. The number of halogens is 3. The maximum atomic E-state index is 12.8. The van der Waals surface area contributed by atoms with Crippen molar-refractivity contribution in [2.45, 2.75) is 32.0 Å². The summed E-state index contributed by atoms with van der Waals surface area (Å²) < 4.78 is 38.3. The molecule has 2 rings (SSSR count). The van der Waals surface area contributed by atoms with Crippen molar-refractivity contribution >= 4 is 12.0 Å². The fourth-order valence-electron chi connectivity index (χ4n) is 2.68. The third-order valence-corrected chi connectivity index (χ3v) is 4.10. The lowest BCUT2D eigenvalue weighted by atomic mass is 9.96. The van der Waals surface area contributed by atoms with Gasteiger partial charge >= 0.3 is 18.2 Å². The minimum Gasteiger partial charge on any atom is -0.481 e. The summed E-state index contributed by atoms with van der Waals surface area (Å²) in [6, 6.07) is -0.579. The summed E-state index contributed by atoms with van der Waals surface area (Å²) in [6.45, 7) is 0.998. The van der Waals surface area contributed by atoms with Crippen molar-refractivity contribution in [1.82, 2.24) is 10.2 Å². The van der Waals surface area contributed by atoms with Crippen LogP contribution in [0.1, 0.15) is 19.8 Å². The van der Waals surface area contributed by atoms with Crippen LogP contribution in [-0.2, 0) is 4.79 Å². The number of nitrogens with one attached hydrogen (secondary N) is 1. The molecule has 1 heterocycles. The lowest BCUT2D eigenvalue weighted by Crippen LogP contribution is -2.41. The zero-order valence-corrected chi connectivity index (χ0v) is 11.0. The van der Waals surface area contributed by atoms with Gasteiger partial charge in [0.2, 0.25) is 0 Å². The zero-order chi connectivity index (χ0) is 15.1. The van der Waals surface area contributed by atoms with Crippen LogP contribution in [0, 0.1) is 17.8 Å². The highest BCUT2D eigenvalue weighted by Crippen LogP contribution is 2.38. The number of hydrogen-bond donors (Lipinski definition) is 2. The van der Waals surface area contributed by atoms with Crippen molar-refractivity contribution in [2.75, 3.05) is 13.1 Å². The van der Waals surface area contributed by atoms with Gasteiger partial charge in [-0.3, -0.25) is 4.79 Å². The van der Waals surface area contributed by atoms with Crippen molar-refractivity contribution in [3.63, 3.8) is 0 Å². The van der Waals surface area contributed by atoms with E-state index >= 15 is 0 Å². The molecular weight excluding hydrogens is 277 g/mol. The van der Waals surface area contributed by atoms with E-state index < -0.39 is 43.1 Å². The number of amides is 2. The topological polar surface area (TPSA) is 69.6 Å². The lowest BCUT2D eigenvalue weighted by Gasteiger charge is -2.18. The second-order valence-corrected chi connectivity index (χ2v) is 5.46. The van der Waals surface area contributed by atoms with Crippen molar-refractivity contribution in [2.24, 2.45) is 17.8 Å². The Morgan fingerprint density at radius 3 is 2.40 bits per heavy atom. The maximum absolute atomic E-state index is 12.8. The molecule has 0 bridgehead atoms. The molecule has 0 aromatic carbocycles. The zero-order valence-electron chi connectivity index (χ0n) is 11.0. The van der Waals surface area contributed by atoms with Crippen LogP contribution >= 0.6 is 0 Å². The highest BCUT2D eigenvalue weighted by atomic mass is 19.4. The molecule has 0 unspecified atom stereocenters. The summed E-state index contributed by atoms with van der Waals surface area (Å²) >= 11 is 0. The average molecular weight is 294 g/mol. The van der Waals surface area contributed by atoms with Crippen molar-refractivity contribution in [3.05, 3.63) is 0 Å². The van der Waals surface area contributed by atoms with Gasteiger partial charge in [0.15, 0.2) is 0 Å². The molecule has 20 heavy (non-hydrogen) atoms.